The van der Waals surface area contributed by atoms with Gasteiger partial charge >= 0.3 is 0 Å². The minimum Gasteiger partial charge on any atom is -0.371 e. The normalized spacial score (nSPS) is 29.3. The number of aryl methyl sites for hydroxylation is 1. The summed E-state index contributed by atoms with van der Waals surface area (Å²) in [6.07, 6.45) is 12.4. The summed E-state index contributed by atoms with van der Waals surface area (Å²) in [4.78, 5) is 0. The van der Waals surface area contributed by atoms with Gasteiger partial charge < -0.3 is 14.8 Å². The first-order valence-corrected chi connectivity index (χ1v) is 11.8. The molecule has 3 fully saturated rings. The largest absolute Gasteiger partial charge is 0.371 e. The second kappa shape index (κ2) is 9.58. The topological polar surface area (TPSA) is 61.2 Å². The van der Waals surface area contributed by atoms with Gasteiger partial charge in [-0.05, 0) is 37.3 Å². The number of nitrogens with one attached hydrogen (secondary N) is 1. The summed E-state index contributed by atoms with van der Waals surface area (Å²) in [5.74, 6) is 0.781. The fourth-order valence-corrected chi connectivity index (χ4v) is 5.36. The van der Waals surface area contributed by atoms with Crippen molar-refractivity contribution in [3.8, 4) is 0 Å². The summed E-state index contributed by atoms with van der Waals surface area (Å²) in [6, 6.07) is 11.1. The van der Waals surface area contributed by atoms with Crippen molar-refractivity contribution in [3.63, 3.8) is 0 Å². The molecular weight excluding hydrogens is 376 g/mol. The van der Waals surface area contributed by atoms with E-state index in [1.54, 1.807) is 0 Å². The number of fused-ring (bicyclic) bond motifs is 1. The van der Waals surface area contributed by atoms with E-state index >= 15 is 0 Å². The maximum Gasteiger partial charge on any atom is 0.110 e. The molecule has 2 aromatic rings. The van der Waals surface area contributed by atoms with Gasteiger partial charge in [0.05, 0.1) is 24.9 Å². The molecule has 6 heteroatoms. The molecule has 0 bridgehead atoms. The van der Waals surface area contributed by atoms with Crippen LogP contribution in [-0.2, 0) is 22.3 Å². The van der Waals surface area contributed by atoms with E-state index in [0.29, 0.717) is 13.2 Å². The quantitative estimate of drug-likeness (QED) is 0.677. The number of aromatic nitrogens is 3. The Bertz CT molecular complexity index is 790. The molecule has 1 N–H and O–H groups in total. The molecule has 0 unspecified atom stereocenters. The molecule has 2 saturated heterocycles. The van der Waals surface area contributed by atoms with Gasteiger partial charge in [0, 0.05) is 6.20 Å². The second-order valence-corrected chi connectivity index (χ2v) is 9.21. The molecule has 3 heterocycles. The lowest BCUT2D eigenvalue weighted by Crippen LogP contribution is -2.41. The van der Waals surface area contributed by atoms with Crippen molar-refractivity contribution < 1.29 is 9.47 Å². The molecule has 1 aromatic carbocycles. The molecule has 5 rings (SSSR count). The van der Waals surface area contributed by atoms with Crippen molar-refractivity contribution in [2.75, 3.05) is 19.8 Å². The molecule has 1 saturated carbocycles. The number of hydrogen-bond donors (Lipinski definition) is 1. The lowest BCUT2D eigenvalue weighted by molar-refractivity contribution is 0.0620. The van der Waals surface area contributed by atoms with Crippen molar-refractivity contribution in [2.45, 2.75) is 75.7 Å². The molecule has 2 aliphatic heterocycles. The van der Waals surface area contributed by atoms with Gasteiger partial charge in [-0.2, -0.15) is 0 Å². The fraction of sp³-hybridized carbons (Fsp3) is 0.667. The molecule has 30 heavy (non-hydrogen) atoms. The van der Waals surface area contributed by atoms with E-state index in [0.717, 1.165) is 37.4 Å². The van der Waals surface area contributed by atoms with Crippen molar-refractivity contribution in [1.82, 2.24) is 20.3 Å². The van der Waals surface area contributed by atoms with E-state index in [4.69, 9.17) is 9.47 Å². The predicted octanol–water partition coefficient (Wildman–Crippen LogP) is 3.33. The summed E-state index contributed by atoms with van der Waals surface area (Å²) in [5.41, 5.74) is 2.52. The Balaban J connectivity index is 1.10. The highest BCUT2D eigenvalue weighted by atomic mass is 16.6. The number of rotatable bonds is 8. The number of hydrogen-bond acceptors (Lipinski definition) is 5. The maximum atomic E-state index is 6.15. The van der Waals surface area contributed by atoms with Crippen molar-refractivity contribution in [1.29, 1.82) is 0 Å². The van der Waals surface area contributed by atoms with Crippen LogP contribution in [0.4, 0.5) is 0 Å². The minimum absolute atomic E-state index is 0.0702. The highest BCUT2D eigenvalue weighted by Gasteiger charge is 2.48. The van der Waals surface area contributed by atoms with E-state index < -0.39 is 0 Å². The molecule has 0 spiro atoms. The summed E-state index contributed by atoms with van der Waals surface area (Å²) < 4.78 is 14.3. The number of nitrogens with zero attached hydrogens (tertiary/aromatic N) is 3. The standard InChI is InChI=1S/C24H34N4O2/c1-3-8-18(9-4-1)12-7-13-25-21-16-29-24-22(17-30-23(21)24)28-15-20(26-27-28)14-19-10-5-2-6-11-19/h1,3-4,8-9,15,19,21-25H,2,5-7,10-14,16-17H2/t21-,22-,23+,24+/m0/s1. The average Bonchev–Trinajstić information content (AvgIpc) is 3.50. The highest BCUT2D eigenvalue weighted by molar-refractivity contribution is 5.14. The Hall–Kier alpha value is -1.76. The first-order valence-electron chi connectivity index (χ1n) is 11.8. The van der Waals surface area contributed by atoms with Gasteiger partial charge in [-0.1, -0.05) is 67.6 Å². The third kappa shape index (κ3) is 4.61. The summed E-state index contributed by atoms with van der Waals surface area (Å²) in [5, 5.41) is 12.6. The summed E-state index contributed by atoms with van der Waals surface area (Å²) in [7, 11) is 0. The lowest BCUT2D eigenvalue weighted by atomic mass is 9.86. The van der Waals surface area contributed by atoms with Crippen LogP contribution in [0.25, 0.3) is 0 Å². The zero-order valence-electron chi connectivity index (χ0n) is 17.8. The molecule has 1 aromatic heterocycles. The zero-order chi connectivity index (χ0) is 20.2. The Labute approximate surface area is 179 Å². The van der Waals surface area contributed by atoms with Gasteiger partial charge in [-0.15, -0.1) is 5.10 Å². The number of ether oxygens (including phenoxy) is 2. The monoisotopic (exact) mass is 410 g/mol. The van der Waals surface area contributed by atoms with E-state index in [1.165, 1.54) is 37.7 Å². The van der Waals surface area contributed by atoms with E-state index in [2.05, 4.69) is 52.2 Å². The minimum atomic E-state index is 0.0702. The van der Waals surface area contributed by atoms with Gasteiger partial charge in [0.15, 0.2) is 0 Å². The molecule has 3 aliphatic rings. The van der Waals surface area contributed by atoms with Crippen LogP contribution < -0.4 is 5.32 Å². The number of benzene rings is 1. The van der Waals surface area contributed by atoms with Crippen molar-refractivity contribution in [2.24, 2.45) is 5.92 Å². The molecule has 4 atom stereocenters. The molecule has 0 radical (unpaired) electrons. The third-order valence-corrected chi connectivity index (χ3v) is 7.04. The van der Waals surface area contributed by atoms with Crippen LogP contribution in [0.5, 0.6) is 0 Å². The average molecular weight is 411 g/mol. The second-order valence-electron chi connectivity index (χ2n) is 9.21. The van der Waals surface area contributed by atoms with Gasteiger partial charge in [-0.25, -0.2) is 4.68 Å². The molecule has 0 amide bonds. The SMILES string of the molecule is c1ccc(CCCN[C@H]2CO[C@H]3[C@@H]2OC[C@@H]3n2cc(CC3CCCCC3)nn2)cc1. The smallest absolute Gasteiger partial charge is 0.110 e. The van der Waals surface area contributed by atoms with E-state index in [-0.39, 0.29) is 24.3 Å². The van der Waals surface area contributed by atoms with Crippen LogP contribution in [-0.4, -0.2) is 53.0 Å². The molecule has 162 valence electrons. The third-order valence-electron chi connectivity index (χ3n) is 7.04. The van der Waals surface area contributed by atoms with Gasteiger partial charge in [0.1, 0.15) is 18.2 Å². The summed E-state index contributed by atoms with van der Waals surface area (Å²) >= 11 is 0. The van der Waals surface area contributed by atoms with E-state index in [1.807, 2.05) is 4.68 Å². The fourth-order valence-electron chi connectivity index (χ4n) is 5.36. The molecular formula is C24H34N4O2. The Morgan fingerprint density at radius 3 is 2.70 bits per heavy atom. The van der Waals surface area contributed by atoms with Crippen LogP contribution in [0.2, 0.25) is 0 Å². The maximum absolute atomic E-state index is 6.15. The highest BCUT2D eigenvalue weighted by Crippen LogP contribution is 2.34. The summed E-state index contributed by atoms with van der Waals surface area (Å²) in [6.45, 7) is 2.35. The Morgan fingerprint density at radius 2 is 1.83 bits per heavy atom. The van der Waals surface area contributed by atoms with Gasteiger partial charge in [0.25, 0.3) is 0 Å². The molecule has 1 aliphatic carbocycles. The van der Waals surface area contributed by atoms with Crippen LogP contribution in [0.3, 0.4) is 0 Å². The Kier molecular flexibility index (Phi) is 6.44. The Morgan fingerprint density at radius 1 is 1.00 bits per heavy atom. The zero-order valence-corrected chi connectivity index (χ0v) is 17.8. The van der Waals surface area contributed by atoms with Crippen LogP contribution in [0, 0.1) is 5.92 Å². The van der Waals surface area contributed by atoms with Gasteiger partial charge in [0.2, 0.25) is 0 Å². The van der Waals surface area contributed by atoms with Crippen LogP contribution in [0.15, 0.2) is 36.5 Å². The van der Waals surface area contributed by atoms with Gasteiger partial charge in [-0.3, -0.25) is 0 Å². The van der Waals surface area contributed by atoms with Crippen molar-refractivity contribution >= 4 is 0 Å². The first-order chi connectivity index (χ1) is 14.9. The molecule has 6 nitrogen and oxygen atoms in total. The van der Waals surface area contributed by atoms with Crippen LogP contribution >= 0.6 is 0 Å². The van der Waals surface area contributed by atoms with E-state index in [9.17, 15) is 0 Å². The first kappa shape index (κ1) is 20.2. The lowest BCUT2D eigenvalue weighted by Gasteiger charge is -2.20. The van der Waals surface area contributed by atoms with Crippen LogP contribution in [0.1, 0.15) is 55.8 Å². The predicted molar refractivity (Wildman–Crippen MR) is 115 cm³/mol. The van der Waals surface area contributed by atoms with Crippen molar-refractivity contribution in [3.05, 3.63) is 47.8 Å².